The Balaban J connectivity index is 2.33. The monoisotopic (exact) mass is 249 g/mol. The fourth-order valence-corrected chi connectivity index (χ4v) is 1.59. The van der Waals surface area contributed by atoms with Crippen molar-refractivity contribution in [2.75, 3.05) is 16.8 Å². The first-order chi connectivity index (χ1) is 8.06. The highest BCUT2D eigenvalue weighted by Gasteiger charge is 2.09. The predicted molar refractivity (Wildman–Crippen MR) is 70.3 cm³/mol. The van der Waals surface area contributed by atoms with Crippen LogP contribution in [-0.4, -0.2) is 9.97 Å². The summed E-state index contributed by atoms with van der Waals surface area (Å²) in [5.41, 5.74) is 13.6. The molecule has 0 aliphatic heterocycles. The van der Waals surface area contributed by atoms with Crippen molar-refractivity contribution < 1.29 is 0 Å². The molecule has 0 spiro atoms. The number of hydrogen-bond acceptors (Lipinski definition) is 5. The summed E-state index contributed by atoms with van der Waals surface area (Å²) in [6.45, 7) is 2.01. The molecule has 0 aliphatic carbocycles. The lowest BCUT2D eigenvalue weighted by atomic mass is 10.2. The molecule has 17 heavy (non-hydrogen) atoms. The van der Waals surface area contributed by atoms with Crippen molar-refractivity contribution >= 4 is 34.7 Å². The van der Waals surface area contributed by atoms with E-state index in [1.165, 1.54) is 5.56 Å². The number of aryl methyl sites for hydroxylation is 1. The largest absolute Gasteiger partial charge is 0.382 e. The van der Waals surface area contributed by atoms with Crippen LogP contribution in [-0.2, 0) is 0 Å². The second-order valence-electron chi connectivity index (χ2n) is 3.62. The molecule has 0 unspecified atom stereocenters. The molecule has 0 saturated carbocycles. The summed E-state index contributed by atoms with van der Waals surface area (Å²) < 4.78 is 0. The Kier molecular flexibility index (Phi) is 3.01. The molecule has 0 amide bonds. The zero-order chi connectivity index (χ0) is 12.4. The zero-order valence-electron chi connectivity index (χ0n) is 9.24. The molecule has 2 rings (SSSR count). The molecule has 0 radical (unpaired) electrons. The van der Waals surface area contributed by atoms with Crippen LogP contribution < -0.4 is 16.8 Å². The van der Waals surface area contributed by atoms with Crippen molar-refractivity contribution in [3.05, 3.63) is 35.0 Å². The smallest absolute Gasteiger partial charge is 0.223 e. The molecule has 0 atom stereocenters. The molecule has 0 saturated heterocycles. The summed E-state index contributed by atoms with van der Waals surface area (Å²) in [5.74, 6) is 0.282. The molecule has 6 heteroatoms. The van der Waals surface area contributed by atoms with Crippen LogP contribution in [0.2, 0.25) is 5.15 Å². The van der Waals surface area contributed by atoms with E-state index in [0.29, 0.717) is 5.69 Å². The van der Waals surface area contributed by atoms with E-state index in [-0.39, 0.29) is 16.9 Å². The van der Waals surface area contributed by atoms with Crippen LogP contribution in [0.15, 0.2) is 24.3 Å². The Morgan fingerprint density at radius 2 is 1.76 bits per heavy atom. The Morgan fingerprint density at radius 3 is 2.35 bits per heavy atom. The minimum atomic E-state index is 0.0574. The number of nitrogen functional groups attached to an aromatic ring is 2. The van der Waals surface area contributed by atoms with Crippen molar-refractivity contribution in [2.24, 2.45) is 0 Å². The molecule has 2 aromatic rings. The van der Waals surface area contributed by atoms with Gasteiger partial charge in [-0.05, 0) is 19.1 Å². The minimum absolute atomic E-state index is 0.0574. The van der Waals surface area contributed by atoms with E-state index in [1.807, 2.05) is 31.2 Å². The molecule has 0 aliphatic rings. The molecule has 1 aromatic heterocycles. The first-order valence-electron chi connectivity index (χ1n) is 4.98. The maximum atomic E-state index is 5.94. The van der Waals surface area contributed by atoms with Crippen molar-refractivity contribution in [3.8, 4) is 0 Å². The van der Waals surface area contributed by atoms with Crippen molar-refractivity contribution in [3.63, 3.8) is 0 Å². The lowest BCUT2D eigenvalue weighted by Gasteiger charge is -2.10. The third kappa shape index (κ3) is 2.57. The Morgan fingerprint density at radius 1 is 1.12 bits per heavy atom. The molecule has 5 N–H and O–H groups in total. The number of hydrogen-bond donors (Lipinski definition) is 3. The number of nitrogens with two attached hydrogens (primary N) is 2. The lowest BCUT2D eigenvalue weighted by molar-refractivity contribution is 1.19. The van der Waals surface area contributed by atoms with Gasteiger partial charge < -0.3 is 16.8 Å². The number of nitrogens with one attached hydrogen (secondary N) is 1. The average Bonchev–Trinajstić information content (AvgIpc) is 2.26. The van der Waals surface area contributed by atoms with Crippen LogP contribution in [0.4, 0.5) is 23.1 Å². The number of benzene rings is 1. The summed E-state index contributed by atoms with van der Waals surface area (Å²) in [4.78, 5) is 7.68. The number of halogens is 1. The normalized spacial score (nSPS) is 10.2. The SMILES string of the molecule is Cc1ccc(Nc2c(N)nc(N)nc2Cl)cc1. The zero-order valence-corrected chi connectivity index (χ0v) is 9.99. The van der Waals surface area contributed by atoms with E-state index in [9.17, 15) is 0 Å². The Bertz CT molecular complexity index is 515. The van der Waals surface area contributed by atoms with Gasteiger partial charge in [-0.1, -0.05) is 29.3 Å². The van der Waals surface area contributed by atoms with Crippen LogP contribution >= 0.6 is 11.6 Å². The van der Waals surface area contributed by atoms with Crippen LogP contribution in [0.25, 0.3) is 0 Å². The fraction of sp³-hybridized carbons (Fsp3) is 0.0909. The van der Waals surface area contributed by atoms with Gasteiger partial charge in [0.15, 0.2) is 11.0 Å². The van der Waals surface area contributed by atoms with E-state index >= 15 is 0 Å². The summed E-state index contributed by atoms with van der Waals surface area (Å²) in [6, 6.07) is 7.79. The first kappa shape index (κ1) is 11.5. The first-order valence-corrected chi connectivity index (χ1v) is 5.36. The predicted octanol–water partition coefficient (Wildman–Crippen LogP) is 2.35. The second kappa shape index (κ2) is 4.47. The molecule has 5 nitrogen and oxygen atoms in total. The van der Waals surface area contributed by atoms with Gasteiger partial charge in [-0.2, -0.15) is 9.97 Å². The maximum Gasteiger partial charge on any atom is 0.223 e. The third-order valence-corrected chi connectivity index (χ3v) is 2.50. The standard InChI is InChI=1S/C11H12ClN5/c1-6-2-4-7(5-3-6)15-8-9(12)16-11(14)17-10(8)13/h2-5,15H,1H3,(H4,13,14,16,17). The topological polar surface area (TPSA) is 89.8 Å². The van der Waals surface area contributed by atoms with E-state index in [2.05, 4.69) is 15.3 Å². The fourth-order valence-electron chi connectivity index (χ4n) is 1.36. The third-order valence-electron chi connectivity index (χ3n) is 2.23. The number of aromatic nitrogens is 2. The van der Waals surface area contributed by atoms with Gasteiger partial charge in [0, 0.05) is 5.69 Å². The van der Waals surface area contributed by atoms with E-state index in [1.54, 1.807) is 0 Å². The van der Waals surface area contributed by atoms with Gasteiger partial charge in [-0.25, -0.2) is 0 Å². The van der Waals surface area contributed by atoms with Crippen LogP contribution in [0, 0.1) is 6.92 Å². The van der Waals surface area contributed by atoms with Gasteiger partial charge in [-0.15, -0.1) is 0 Å². The van der Waals surface area contributed by atoms with Crippen LogP contribution in [0.5, 0.6) is 0 Å². The summed E-state index contributed by atoms with van der Waals surface area (Å²) in [6.07, 6.45) is 0. The van der Waals surface area contributed by atoms with Gasteiger partial charge >= 0.3 is 0 Å². The Labute approximate surface area is 104 Å². The quantitative estimate of drug-likeness (QED) is 0.711. The highest BCUT2D eigenvalue weighted by molar-refractivity contribution is 6.32. The molecule has 1 heterocycles. The van der Waals surface area contributed by atoms with Crippen molar-refractivity contribution in [2.45, 2.75) is 6.92 Å². The molecule has 0 bridgehead atoms. The van der Waals surface area contributed by atoms with Crippen molar-refractivity contribution in [1.29, 1.82) is 0 Å². The number of anilines is 4. The summed E-state index contributed by atoms with van der Waals surface area (Å²) in [5, 5.41) is 3.26. The lowest BCUT2D eigenvalue weighted by Crippen LogP contribution is -2.05. The highest BCUT2D eigenvalue weighted by atomic mass is 35.5. The molecule has 88 valence electrons. The van der Waals surface area contributed by atoms with Crippen LogP contribution in [0.1, 0.15) is 5.56 Å². The summed E-state index contributed by atoms with van der Waals surface area (Å²) >= 11 is 5.94. The molecular weight excluding hydrogens is 238 g/mol. The minimum Gasteiger partial charge on any atom is -0.382 e. The number of rotatable bonds is 2. The van der Waals surface area contributed by atoms with Gasteiger partial charge in [-0.3, -0.25) is 0 Å². The molecule has 1 aromatic carbocycles. The van der Waals surface area contributed by atoms with Gasteiger partial charge in [0.25, 0.3) is 0 Å². The maximum absolute atomic E-state index is 5.94. The molecule has 0 fully saturated rings. The van der Waals surface area contributed by atoms with Crippen molar-refractivity contribution in [1.82, 2.24) is 9.97 Å². The number of nitrogens with zero attached hydrogens (tertiary/aromatic N) is 2. The van der Waals surface area contributed by atoms with Gasteiger partial charge in [0.05, 0.1) is 0 Å². The van der Waals surface area contributed by atoms with Gasteiger partial charge in [0.1, 0.15) is 5.69 Å². The van der Waals surface area contributed by atoms with E-state index in [4.69, 9.17) is 23.1 Å². The summed E-state index contributed by atoms with van der Waals surface area (Å²) in [7, 11) is 0. The van der Waals surface area contributed by atoms with Gasteiger partial charge in [0.2, 0.25) is 5.95 Å². The average molecular weight is 250 g/mol. The second-order valence-corrected chi connectivity index (χ2v) is 3.98. The van der Waals surface area contributed by atoms with E-state index < -0.39 is 0 Å². The molecular formula is C11H12ClN5. The van der Waals surface area contributed by atoms with E-state index in [0.717, 1.165) is 5.69 Å². The Hall–Kier alpha value is -2.01. The highest BCUT2D eigenvalue weighted by Crippen LogP contribution is 2.28. The van der Waals surface area contributed by atoms with Crippen LogP contribution in [0.3, 0.4) is 0 Å².